The molecule has 3 N–H and O–H groups in total. The summed E-state index contributed by atoms with van der Waals surface area (Å²) in [7, 11) is 0. The number of H-pyrrole nitrogens is 1. The van der Waals surface area contributed by atoms with E-state index in [1.807, 2.05) is 61.5 Å². The Kier molecular flexibility index (Phi) is 5.74. The van der Waals surface area contributed by atoms with Crippen LogP contribution >= 0.6 is 0 Å². The van der Waals surface area contributed by atoms with Crippen LogP contribution in [0.3, 0.4) is 0 Å². The predicted molar refractivity (Wildman–Crippen MR) is 110 cm³/mol. The van der Waals surface area contributed by atoms with Gasteiger partial charge < -0.3 is 19.5 Å². The maximum atomic E-state index is 13.0. The topological polar surface area (TPSA) is 51.0 Å². The first kappa shape index (κ1) is 18.7. The van der Waals surface area contributed by atoms with Crippen molar-refractivity contribution in [2.24, 2.45) is 0 Å². The molecule has 0 atom stereocenters. The molecule has 146 valence electrons. The summed E-state index contributed by atoms with van der Waals surface area (Å²) >= 11 is 0. The molecule has 0 bridgehead atoms. The molecule has 2 heterocycles. The molecule has 3 aromatic rings. The fourth-order valence-corrected chi connectivity index (χ4v) is 4.17. The maximum absolute atomic E-state index is 13.0. The van der Waals surface area contributed by atoms with E-state index in [4.69, 9.17) is 4.74 Å². The number of ketones is 1. The normalized spacial score (nSPS) is 19.6. The van der Waals surface area contributed by atoms with Gasteiger partial charge in [0.2, 0.25) is 5.78 Å². The van der Waals surface area contributed by atoms with Gasteiger partial charge in [-0.2, -0.15) is 0 Å². The maximum Gasteiger partial charge on any atom is 0.219 e. The third-order valence-electron chi connectivity index (χ3n) is 5.71. The fraction of sp³-hybridized carbons (Fsp3) is 0.348. The molecule has 1 aromatic heterocycles. The monoisotopic (exact) mass is 379 g/mol. The second-order valence-corrected chi connectivity index (χ2v) is 7.68. The van der Waals surface area contributed by atoms with E-state index in [2.05, 4.69) is 4.98 Å². The molecule has 4 rings (SSSR count). The van der Waals surface area contributed by atoms with Gasteiger partial charge in [-0.25, -0.2) is 0 Å². The lowest BCUT2D eigenvalue weighted by molar-refractivity contribution is -1.01. The van der Waals surface area contributed by atoms with E-state index in [1.54, 1.807) is 4.90 Å². The minimum atomic E-state index is 0.251. The van der Waals surface area contributed by atoms with Crippen molar-refractivity contribution >= 4 is 16.7 Å². The van der Waals surface area contributed by atoms with Crippen LogP contribution in [0.5, 0.6) is 5.75 Å². The van der Waals surface area contributed by atoms with Gasteiger partial charge in [-0.3, -0.25) is 4.79 Å². The van der Waals surface area contributed by atoms with Crippen molar-refractivity contribution in [2.75, 3.05) is 45.9 Å². The van der Waals surface area contributed by atoms with Gasteiger partial charge in [0.1, 0.15) is 51.6 Å². The molecule has 0 amide bonds. The number of benzene rings is 2. The van der Waals surface area contributed by atoms with Crippen LogP contribution in [0.15, 0.2) is 54.6 Å². The Morgan fingerprint density at radius 1 is 0.964 bits per heavy atom. The number of piperazine rings is 1. The van der Waals surface area contributed by atoms with Crippen molar-refractivity contribution in [3.05, 3.63) is 65.9 Å². The Morgan fingerprint density at radius 2 is 1.64 bits per heavy atom. The first-order chi connectivity index (χ1) is 13.7. The van der Waals surface area contributed by atoms with Gasteiger partial charge in [0.25, 0.3) is 0 Å². The SMILES string of the molecule is Cc1[nH]c2ccccc2c1C(=O)C[NH+]1CC[NH+](CCOc2ccccc2)CC1. The molecule has 2 aromatic carbocycles. The van der Waals surface area contributed by atoms with E-state index in [0.29, 0.717) is 6.54 Å². The van der Waals surface area contributed by atoms with Crippen molar-refractivity contribution in [3.63, 3.8) is 0 Å². The summed E-state index contributed by atoms with van der Waals surface area (Å²) < 4.78 is 5.82. The molecule has 1 aliphatic rings. The van der Waals surface area contributed by atoms with Crippen LogP contribution in [0.2, 0.25) is 0 Å². The Labute approximate surface area is 165 Å². The number of nitrogens with one attached hydrogen (secondary N) is 3. The molecular formula is C23H29N3O2+2. The van der Waals surface area contributed by atoms with Gasteiger partial charge in [0, 0.05) is 16.6 Å². The molecule has 0 unspecified atom stereocenters. The zero-order valence-corrected chi connectivity index (χ0v) is 16.5. The zero-order valence-electron chi connectivity index (χ0n) is 16.5. The van der Waals surface area contributed by atoms with Gasteiger partial charge in [-0.05, 0) is 25.1 Å². The first-order valence-electron chi connectivity index (χ1n) is 10.2. The average Bonchev–Trinajstić information content (AvgIpc) is 3.06. The molecule has 1 fully saturated rings. The molecule has 28 heavy (non-hydrogen) atoms. The van der Waals surface area contributed by atoms with Crippen LogP contribution < -0.4 is 14.5 Å². The van der Waals surface area contributed by atoms with E-state index in [0.717, 1.165) is 67.2 Å². The number of hydrogen-bond acceptors (Lipinski definition) is 2. The van der Waals surface area contributed by atoms with Crippen molar-refractivity contribution in [1.82, 2.24) is 4.98 Å². The smallest absolute Gasteiger partial charge is 0.219 e. The van der Waals surface area contributed by atoms with Crippen LogP contribution in [0.1, 0.15) is 16.1 Å². The predicted octanol–water partition coefficient (Wildman–Crippen LogP) is 0.521. The quantitative estimate of drug-likeness (QED) is 0.525. The highest BCUT2D eigenvalue weighted by molar-refractivity contribution is 6.09. The van der Waals surface area contributed by atoms with Crippen molar-refractivity contribution in [1.29, 1.82) is 0 Å². The Hall–Kier alpha value is -2.63. The van der Waals surface area contributed by atoms with E-state index in [-0.39, 0.29) is 5.78 Å². The summed E-state index contributed by atoms with van der Waals surface area (Å²) in [5.41, 5.74) is 2.90. The van der Waals surface area contributed by atoms with Crippen LogP contribution in [0.25, 0.3) is 10.9 Å². The molecule has 5 nitrogen and oxygen atoms in total. The molecule has 1 saturated heterocycles. The van der Waals surface area contributed by atoms with Crippen LogP contribution in [-0.2, 0) is 0 Å². The Bertz CT molecular complexity index is 927. The Balaban J connectivity index is 1.26. The summed E-state index contributed by atoms with van der Waals surface area (Å²) in [5.74, 6) is 1.19. The van der Waals surface area contributed by atoms with Crippen molar-refractivity contribution < 1.29 is 19.3 Å². The molecule has 0 spiro atoms. The van der Waals surface area contributed by atoms with E-state index >= 15 is 0 Å². The van der Waals surface area contributed by atoms with Crippen molar-refractivity contribution in [3.8, 4) is 5.75 Å². The molecule has 0 radical (unpaired) electrons. The van der Waals surface area contributed by atoms with Gasteiger partial charge in [-0.1, -0.05) is 36.4 Å². The minimum absolute atomic E-state index is 0.251. The number of carbonyl (C=O) groups excluding carboxylic acids is 1. The van der Waals surface area contributed by atoms with Gasteiger partial charge in [0.05, 0.1) is 5.56 Å². The zero-order chi connectivity index (χ0) is 19.3. The van der Waals surface area contributed by atoms with E-state index in [9.17, 15) is 4.79 Å². The molecule has 0 aliphatic carbocycles. The summed E-state index contributed by atoms with van der Waals surface area (Å²) in [6, 6.07) is 18.1. The number of aryl methyl sites for hydroxylation is 1. The largest absolute Gasteiger partial charge is 0.488 e. The van der Waals surface area contributed by atoms with E-state index < -0.39 is 0 Å². The standard InChI is InChI=1S/C23H27N3O2/c1-18-23(20-9-5-6-10-21(20)24-18)22(27)17-26-13-11-25(12-14-26)15-16-28-19-7-3-2-4-8-19/h2-10,24H,11-17H2,1H3/p+2. The second-order valence-electron chi connectivity index (χ2n) is 7.68. The molecule has 5 heteroatoms. The summed E-state index contributed by atoms with van der Waals surface area (Å²) in [6.07, 6.45) is 0. The number of carbonyl (C=O) groups is 1. The number of ether oxygens (including phenoxy) is 1. The number of hydrogen-bond donors (Lipinski definition) is 3. The minimum Gasteiger partial charge on any atom is -0.488 e. The van der Waals surface area contributed by atoms with Crippen LogP contribution in [0, 0.1) is 6.92 Å². The second kappa shape index (κ2) is 8.59. The highest BCUT2D eigenvalue weighted by Gasteiger charge is 2.26. The third kappa shape index (κ3) is 4.26. The lowest BCUT2D eigenvalue weighted by Gasteiger charge is -2.29. The lowest BCUT2D eigenvalue weighted by atomic mass is 10.1. The third-order valence-corrected chi connectivity index (χ3v) is 5.71. The molecule has 1 aliphatic heterocycles. The van der Waals surface area contributed by atoms with Gasteiger partial charge in [-0.15, -0.1) is 0 Å². The van der Waals surface area contributed by atoms with Crippen LogP contribution in [-0.4, -0.2) is 56.6 Å². The summed E-state index contributed by atoms with van der Waals surface area (Å²) in [4.78, 5) is 19.2. The lowest BCUT2D eigenvalue weighted by Crippen LogP contribution is -3.28. The number of rotatable bonds is 7. The molecular weight excluding hydrogens is 350 g/mol. The number of quaternary nitrogens is 2. The first-order valence-corrected chi connectivity index (χ1v) is 10.2. The summed E-state index contributed by atoms with van der Waals surface area (Å²) in [5, 5.41) is 1.05. The van der Waals surface area contributed by atoms with E-state index in [1.165, 1.54) is 4.90 Å². The number of aromatic nitrogens is 1. The van der Waals surface area contributed by atoms with Crippen LogP contribution in [0.4, 0.5) is 0 Å². The number of para-hydroxylation sites is 2. The Morgan fingerprint density at radius 3 is 2.43 bits per heavy atom. The highest BCUT2D eigenvalue weighted by Crippen LogP contribution is 2.21. The highest BCUT2D eigenvalue weighted by atomic mass is 16.5. The van der Waals surface area contributed by atoms with Gasteiger partial charge >= 0.3 is 0 Å². The average molecular weight is 380 g/mol. The summed E-state index contributed by atoms with van der Waals surface area (Å²) in [6.45, 7) is 8.58. The number of aromatic amines is 1. The molecule has 0 saturated carbocycles. The number of Topliss-reactive ketones (excluding diaryl/α,β-unsaturated/α-hetero) is 1. The van der Waals surface area contributed by atoms with Gasteiger partial charge in [0.15, 0.2) is 0 Å². The van der Waals surface area contributed by atoms with Crippen molar-refractivity contribution in [2.45, 2.75) is 6.92 Å². The number of fused-ring (bicyclic) bond motifs is 1. The fourth-order valence-electron chi connectivity index (χ4n) is 4.17.